The third-order valence-corrected chi connectivity index (χ3v) is 4.98. The van der Waals surface area contributed by atoms with Crippen LogP contribution in [0.2, 0.25) is 0 Å². The first-order valence-electron chi connectivity index (χ1n) is 10.3. The fourth-order valence-electron chi connectivity index (χ4n) is 3.33. The molecule has 1 saturated heterocycles. The molecule has 5 nitrogen and oxygen atoms in total. The van der Waals surface area contributed by atoms with Crippen molar-refractivity contribution in [3.05, 3.63) is 71.0 Å². The molecule has 1 heterocycles. The quantitative estimate of drug-likeness (QED) is 0.336. The second kappa shape index (κ2) is 12.5. The molecule has 2 N–H and O–H groups in total. The van der Waals surface area contributed by atoms with Crippen LogP contribution in [0.5, 0.6) is 0 Å². The Morgan fingerprint density at radius 3 is 2.23 bits per heavy atom. The minimum absolute atomic E-state index is 0. The van der Waals surface area contributed by atoms with Gasteiger partial charge in [-0.1, -0.05) is 24.3 Å². The predicted octanol–water partition coefficient (Wildman–Crippen LogP) is 4.33. The Morgan fingerprint density at radius 2 is 1.60 bits per heavy atom. The molecule has 0 bridgehead atoms. The van der Waals surface area contributed by atoms with E-state index >= 15 is 0 Å². The van der Waals surface area contributed by atoms with E-state index in [1.165, 1.54) is 18.6 Å². The summed E-state index contributed by atoms with van der Waals surface area (Å²) in [6.07, 6.45) is 3.40. The number of aliphatic imine (C=N–C) groups is 1. The Morgan fingerprint density at radius 1 is 0.967 bits per heavy atom. The van der Waals surface area contributed by atoms with E-state index in [1.54, 1.807) is 12.1 Å². The van der Waals surface area contributed by atoms with Gasteiger partial charge in [-0.2, -0.15) is 0 Å². The Bertz CT molecular complexity index is 818. The number of nitrogens with one attached hydrogen (secondary N) is 2. The van der Waals surface area contributed by atoms with Gasteiger partial charge in [-0.05, 0) is 61.6 Å². The van der Waals surface area contributed by atoms with Crippen LogP contribution in [0.4, 0.5) is 4.39 Å². The zero-order valence-electron chi connectivity index (χ0n) is 17.4. The molecule has 162 valence electrons. The molecular formula is C23H30FIN4O. The topological polar surface area (TPSA) is 56.7 Å². The number of nitrogens with zero attached hydrogens (tertiary/aromatic N) is 2. The lowest BCUT2D eigenvalue weighted by Crippen LogP contribution is -2.36. The molecule has 1 amide bonds. The maximum absolute atomic E-state index is 13.0. The molecule has 3 rings (SSSR count). The number of benzene rings is 2. The smallest absolute Gasteiger partial charge is 0.253 e. The molecule has 0 saturated carbocycles. The number of carbonyl (C=O) groups is 1. The van der Waals surface area contributed by atoms with E-state index in [0.717, 1.165) is 49.2 Å². The molecule has 30 heavy (non-hydrogen) atoms. The summed E-state index contributed by atoms with van der Waals surface area (Å²) in [5.41, 5.74) is 2.76. The monoisotopic (exact) mass is 524 g/mol. The second-order valence-electron chi connectivity index (χ2n) is 7.22. The number of halogens is 2. The van der Waals surface area contributed by atoms with Crippen LogP contribution in [-0.2, 0) is 13.1 Å². The summed E-state index contributed by atoms with van der Waals surface area (Å²) in [4.78, 5) is 19.1. The van der Waals surface area contributed by atoms with Crippen LogP contribution in [0.15, 0.2) is 53.5 Å². The molecule has 0 unspecified atom stereocenters. The molecule has 2 aromatic carbocycles. The third-order valence-electron chi connectivity index (χ3n) is 4.98. The van der Waals surface area contributed by atoms with Crippen LogP contribution in [0.1, 0.15) is 47.7 Å². The Hall–Kier alpha value is -2.16. The molecule has 1 fully saturated rings. The molecule has 7 heteroatoms. The third kappa shape index (κ3) is 7.27. The highest BCUT2D eigenvalue weighted by molar-refractivity contribution is 14.0. The second-order valence-corrected chi connectivity index (χ2v) is 7.22. The van der Waals surface area contributed by atoms with Crippen molar-refractivity contribution in [1.82, 2.24) is 15.5 Å². The molecule has 0 radical (unpaired) electrons. The van der Waals surface area contributed by atoms with E-state index in [1.807, 2.05) is 36.1 Å². The average molecular weight is 524 g/mol. The standard InChI is InChI=1S/C23H29FN4O.HI/c1-2-25-23(27-17-19-8-12-21(24)13-9-19)26-16-18-6-10-20(11-7-18)22(29)28-14-4-3-5-15-28;/h6-13H,2-5,14-17H2,1H3,(H2,25,26,27);1H. The van der Waals surface area contributed by atoms with Crippen LogP contribution in [0.25, 0.3) is 0 Å². The molecule has 1 aliphatic rings. The number of guanidine groups is 1. The van der Waals surface area contributed by atoms with Crippen molar-refractivity contribution < 1.29 is 9.18 Å². The summed E-state index contributed by atoms with van der Waals surface area (Å²) in [5.74, 6) is 0.580. The Labute approximate surface area is 195 Å². The number of rotatable bonds is 6. The molecule has 0 aromatic heterocycles. The van der Waals surface area contributed by atoms with Crippen LogP contribution in [0.3, 0.4) is 0 Å². The van der Waals surface area contributed by atoms with Gasteiger partial charge in [-0.25, -0.2) is 9.38 Å². The SMILES string of the molecule is CCNC(=NCc1ccc(C(=O)N2CCCCC2)cc1)NCc1ccc(F)cc1.I. The maximum atomic E-state index is 13.0. The zero-order valence-corrected chi connectivity index (χ0v) is 19.7. The van der Waals surface area contributed by atoms with Crippen LogP contribution in [-0.4, -0.2) is 36.4 Å². The van der Waals surface area contributed by atoms with Gasteiger partial charge in [0.1, 0.15) is 5.82 Å². The van der Waals surface area contributed by atoms with Crippen molar-refractivity contribution in [2.75, 3.05) is 19.6 Å². The highest BCUT2D eigenvalue weighted by atomic mass is 127. The van der Waals surface area contributed by atoms with Gasteiger partial charge in [-0.3, -0.25) is 4.79 Å². The summed E-state index contributed by atoms with van der Waals surface area (Å²) in [6, 6.07) is 14.1. The lowest BCUT2D eigenvalue weighted by Gasteiger charge is -2.26. The summed E-state index contributed by atoms with van der Waals surface area (Å²) in [6.45, 7) is 5.55. The molecular weight excluding hydrogens is 494 g/mol. The first-order valence-corrected chi connectivity index (χ1v) is 10.3. The Balaban J connectivity index is 0.00000320. The molecule has 0 spiro atoms. The first kappa shape index (κ1) is 24.1. The fourth-order valence-corrected chi connectivity index (χ4v) is 3.33. The number of likely N-dealkylation sites (tertiary alicyclic amines) is 1. The van der Waals surface area contributed by atoms with Crippen molar-refractivity contribution in [2.24, 2.45) is 4.99 Å². The van der Waals surface area contributed by atoms with E-state index in [0.29, 0.717) is 19.0 Å². The van der Waals surface area contributed by atoms with Gasteiger partial charge in [0, 0.05) is 31.7 Å². The van der Waals surface area contributed by atoms with Crippen molar-refractivity contribution in [3.8, 4) is 0 Å². The average Bonchev–Trinajstić information content (AvgIpc) is 2.77. The van der Waals surface area contributed by atoms with E-state index in [-0.39, 0.29) is 35.7 Å². The van der Waals surface area contributed by atoms with E-state index in [9.17, 15) is 9.18 Å². The number of piperidine rings is 1. The van der Waals surface area contributed by atoms with Crippen LogP contribution >= 0.6 is 24.0 Å². The van der Waals surface area contributed by atoms with Crippen LogP contribution < -0.4 is 10.6 Å². The highest BCUT2D eigenvalue weighted by Crippen LogP contribution is 2.14. The zero-order chi connectivity index (χ0) is 20.5. The largest absolute Gasteiger partial charge is 0.357 e. The normalized spacial score (nSPS) is 14.1. The first-order chi connectivity index (χ1) is 14.2. The van der Waals surface area contributed by atoms with Gasteiger partial charge < -0.3 is 15.5 Å². The lowest BCUT2D eigenvalue weighted by atomic mass is 10.1. The molecule has 1 aliphatic heterocycles. The van der Waals surface area contributed by atoms with Gasteiger partial charge in [0.15, 0.2) is 5.96 Å². The maximum Gasteiger partial charge on any atom is 0.253 e. The van der Waals surface area contributed by atoms with E-state index in [4.69, 9.17) is 0 Å². The minimum Gasteiger partial charge on any atom is -0.357 e. The van der Waals surface area contributed by atoms with E-state index < -0.39 is 0 Å². The number of carbonyl (C=O) groups excluding carboxylic acids is 1. The summed E-state index contributed by atoms with van der Waals surface area (Å²) < 4.78 is 13.0. The number of amides is 1. The molecule has 0 atom stereocenters. The van der Waals surface area contributed by atoms with Crippen molar-refractivity contribution >= 4 is 35.8 Å². The summed E-state index contributed by atoms with van der Waals surface area (Å²) >= 11 is 0. The van der Waals surface area contributed by atoms with Crippen molar-refractivity contribution in [1.29, 1.82) is 0 Å². The van der Waals surface area contributed by atoms with Gasteiger partial charge >= 0.3 is 0 Å². The Kier molecular flexibility index (Phi) is 10.1. The van der Waals surface area contributed by atoms with Crippen molar-refractivity contribution in [2.45, 2.75) is 39.3 Å². The van der Waals surface area contributed by atoms with Crippen molar-refractivity contribution in [3.63, 3.8) is 0 Å². The van der Waals surface area contributed by atoms with Gasteiger partial charge in [0.2, 0.25) is 0 Å². The number of hydrogen-bond acceptors (Lipinski definition) is 2. The highest BCUT2D eigenvalue weighted by Gasteiger charge is 2.17. The van der Waals surface area contributed by atoms with Gasteiger partial charge in [0.05, 0.1) is 6.54 Å². The molecule has 0 aliphatic carbocycles. The summed E-state index contributed by atoms with van der Waals surface area (Å²) in [5, 5.41) is 6.47. The predicted molar refractivity (Wildman–Crippen MR) is 130 cm³/mol. The van der Waals surface area contributed by atoms with E-state index in [2.05, 4.69) is 15.6 Å². The minimum atomic E-state index is -0.239. The van der Waals surface area contributed by atoms with Gasteiger partial charge in [-0.15, -0.1) is 24.0 Å². The van der Waals surface area contributed by atoms with Crippen LogP contribution in [0, 0.1) is 5.82 Å². The lowest BCUT2D eigenvalue weighted by molar-refractivity contribution is 0.0724. The molecule has 2 aromatic rings. The van der Waals surface area contributed by atoms with Gasteiger partial charge in [0.25, 0.3) is 5.91 Å². The fraction of sp³-hybridized carbons (Fsp3) is 0.391. The summed E-state index contributed by atoms with van der Waals surface area (Å²) in [7, 11) is 0. The number of hydrogen-bond donors (Lipinski definition) is 2.